The largest absolute Gasteiger partial charge is 0.508 e. The van der Waals surface area contributed by atoms with Gasteiger partial charge in [-0.15, -0.1) is 0 Å². The molecule has 0 bridgehead atoms. The maximum Gasteiger partial charge on any atom is 0.343 e. The van der Waals surface area contributed by atoms with Crippen LogP contribution in [0.1, 0.15) is 81.9 Å². The lowest BCUT2D eigenvalue weighted by Gasteiger charge is -2.63. The fourth-order valence-electron chi connectivity index (χ4n) is 14.1. The number of ether oxygens (including phenoxy) is 3. The molecule has 5 aromatic rings. The average Bonchev–Trinajstić information content (AvgIpc) is 3.96. The van der Waals surface area contributed by atoms with Crippen molar-refractivity contribution in [3.05, 3.63) is 84.1 Å². The summed E-state index contributed by atoms with van der Waals surface area (Å²) in [4.78, 5) is 18.1. The summed E-state index contributed by atoms with van der Waals surface area (Å²) in [7, 11) is 1.87. The summed E-state index contributed by atoms with van der Waals surface area (Å²) >= 11 is 0. The summed E-state index contributed by atoms with van der Waals surface area (Å²) < 4.78 is 19.8. The molecule has 328 valence electrons. The van der Waals surface area contributed by atoms with E-state index in [0.29, 0.717) is 30.3 Å². The Bertz CT molecular complexity index is 2520. The highest BCUT2D eigenvalue weighted by atomic mass is 16.7. The molecule has 12 nitrogen and oxygen atoms in total. The van der Waals surface area contributed by atoms with Crippen LogP contribution in [0.3, 0.4) is 0 Å². The number of H-pyrrole nitrogens is 1. The molecule has 2 saturated heterocycles. The number of fused-ring (bicyclic) bond motifs is 6. The fourth-order valence-corrected chi connectivity index (χ4v) is 14.1. The fraction of sp³-hybridized carbons (Fsp3) is 0.540. The van der Waals surface area contributed by atoms with Crippen molar-refractivity contribution in [3.8, 4) is 11.5 Å². The van der Waals surface area contributed by atoms with Gasteiger partial charge in [-0.3, -0.25) is 0 Å². The SMILES string of the molecule is CNC[C@@H]1C[C@@H]2[C@H](O[C@H]3[C@H](C(=O)Oc4c(CO)[nH]c5ccc6cc7ccccc7cc6c45)O[C@@]4(O)[C@H](O)CC[C@@H]2[C@@]34O)[C@@H](C2(c3ccc(O)cc3)CCC3(CCCC3)CC2)[C@@H]1O. The first-order valence-corrected chi connectivity index (χ1v) is 22.8. The molecule has 12 heteroatoms. The zero-order chi connectivity index (χ0) is 42.8. The smallest absolute Gasteiger partial charge is 0.343 e. The normalized spacial score (nSPS) is 35.9. The number of aromatic hydroxyl groups is 1. The van der Waals surface area contributed by atoms with Gasteiger partial charge in [0.15, 0.2) is 17.5 Å². The minimum Gasteiger partial charge on any atom is -0.508 e. The summed E-state index contributed by atoms with van der Waals surface area (Å²) in [5.74, 6) is -4.98. The highest BCUT2D eigenvalue weighted by Crippen LogP contribution is 2.65. The second-order valence-electron chi connectivity index (χ2n) is 19.8. The Morgan fingerprint density at radius 3 is 2.34 bits per heavy atom. The molecule has 1 spiro atoms. The molecule has 4 aromatic carbocycles. The first-order valence-electron chi connectivity index (χ1n) is 22.8. The number of aliphatic hydroxyl groups is 5. The van der Waals surface area contributed by atoms with Gasteiger partial charge >= 0.3 is 5.97 Å². The number of hydrogen-bond acceptors (Lipinski definition) is 11. The molecule has 2 aliphatic heterocycles. The Morgan fingerprint density at radius 1 is 0.903 bits per heavy atom. The van der Waals surface area contributed by atoms with Crippen LogP contribution in [0.5, 0.6) is 11.5 Å². The predicted molar refractivity (Wildman–Crippen MR) is 231 cm³/mol. The monoisotopic (exact) mass is 846 g/mol. The van der Waals surface area contributed by atoms with E-state index >= 15 is 0 Å². The van der Waals surface area contributed by atoms with Gasteiger partial charge in [-0.1, -0.05) is 55.3 Å². The van der Waals surface area contributed by atoms with E-state index in [-0.39, 0.29) is 40.9 Å². The molecule has 62 heavy (non-hydrogen) atoms. The van der Waals surface area contributed by atoms with Crippen LogP contribution < -0.4 is 10.1 Å². The molecule has 11 atom stereocenters. The van der Waals surface area contributed by atoms with Crippen LogP contribution in [0.2, 0.25) is 0 Å². The van der Waals surface area contributed by atoms with E-state index in [2.05, 4.69) is 16.4 Å². The maximum absolute atomic E-state index is 14.9. The van der Waals surface area contributed by atoms with E-state index in [9.17, 15) is 35.4 Å². The Kier molecular flexibility index (Phi) is 9.65. The zero-order valence-corrected chi connectivity index (χ0v) is 35.1. The number of aromatic nitrogens is 1. The Balaban J connectivity index is 1.02. The summed E-state index contributed by atoms with van der Waals surface area (Å²) in [6, 6.07) is 23.3. The van der Waals surface area contributed by atoms with Crippen LogP contribution in [0.25, 0.3) is 32.4 Å². The third-order valence-corrected chi connectivity index (χ3v) is 17.1. The predicted octanol–water partition coefficient (Wildman–Crippen LogP) is 5.84. The molecule has 11 rings (SSSR count). The summed E-state index contributed by atoms with van der Waals surface area (Å²) in [6.07, 6.45) is 3.18. The van der Waals surface area contributed by atoms with Crippen molar-refractivity contribution in [1.29, 1.82) is 0 Å². The maximum atomic E-state index is 14.9. The molecule has 3 heterocycles. The lowest BCUT2D eigenvalue weighted by atomic mass is 9.47. The van der Waals surface area contributed by atoms with E-state index in [1.807, 2.05) is 61.6 Å². The number of phenolic OH excluding ortho intramolecular Hbond substituents is 1. The summed E-state index contributed by atoms with van der Waals surface area (Å²) in [6.45, 7) is 0.0515. The molecule has 6 aliphatic rings. The topological polar surface area (TPSA) is 194 Å². The quantitative estimate of drug-likeness (QED) is 0.0725. The third-order valence-electron chi connectivity index (χ3n) is 17.1. The molecule has 4 saturated carbocycles. The second kappa shape index (κ2) is 14.7. The van der Waals surface area contributed by atoms with Crippen LogP contribution in [-0.4, -0.2) is 97.1 Å². The highest BCUT2D eigenvalue weighted by molar-refractivity contribution is 6.14. The van der Waals surface area contributed by atoms with Crippen molar-refractivity contribution >= 4 is 38.4 Å². The number of nitrogens with one attached hydrogen (secondary N) is 2. The summed E-state index contributed by atoms with van der Waals surface area (Å²) in [5.41, 5.74) is -0.585. The van der Waals surface area contributed by atoms with E-state index < -0.39 is 71.7 Å². The molecular weight excluding hydrogens is 789 g/mol. The van der Waals surface area contributed by atoms with E-state index in [4.69, 9.17) is 14.2 Å². The summed E-state index contributed by atoms with van der Waals surface area (Å²) in [5, 5.41) is 78.6. The Morgan fingerprint density at radius 2 is 1.63 bits per heavy atom. The second-order valence-corrected chi connectivity index (χ2v) is 19.8. The third kappa shape index (κ3) is 5.77. The van der Waals surface area contributed by atoms with Gasteiger partial charge < -0.3 is 55.2 Å². The van der Waals surface area contributed by atoms with Crippen molar-refractivity contribution in [2.45, 2.75) is 125 Å². The van der Waals surface area contributed by atoms with E-state index in [0.717, 1.165) is 52.8 Å². The first kappa shape index (κ1) is 40.7. The molecule has 0 radical (unpaired) electrons. The molecular formula is C50H58N2O10. The number of rotatable bonds is 7. The zero-order valence-electron chi connectivity index (χ0n) is 35.1. The van der Waals surface area contributed by atoms with Gasteiger partial charge in [0.05, 0.1) is 35.4 Å². The van der Waals surface area contributed by atoms with Crippen molar-refractivity contribution in [2.24, 2.45) is 29.1 Å². The molecule has 0 unspecified atom stereocenters. The lowest BCUT2D eigenvalue weighted by molar-refractivity contribution is -0.365. The van der Waals surface area contributed by atoms with Gasteiger partial charge in [0.25, 0.3) is 0 Å². The van der Waals surface area contributed by atoms with Crippen molar-refractivity contribution in [2.75, 3.05) is 13.6 Å². The van der Waals surface area contributed by atoms with Gasteiger partial charge in [0.1, 0.15) is 18.0 Å². The Labute approximate surface area is 360 Å². The molecule has 0 amide bonds. The molecule has 8 N–H and O–H groups in total. The number of carbonyl (C=O) groups excluding carboxylic acids is 1. The number of aromatic amines is 1. The molecule has 6 fully saturated rings. The highest BCUT2D eigenvalue weighted by Gasteiger charge is 2.79. The van der Waals surface area contributed by atoms with Crippen molar-refractivity contribution in [1.82, 2.24) is 10.3 Å². The minimum absolute atomic E-state index is 0.104. The minimum atomic E-state index is -2.56. The number of phenols is 1. The Hall–Kier alpha value is -4.11. The van der Waals surface area contributed by atoms with Gasteiger partial charge in [0.2, 0.25) is 5.79 Å². The van der Waals surface area contributed by atoms with Crippen LogP contribution >= 0.6 is 0 Å². The van der Waals surface area contributed by atoms with Crippen LogP contribution in [0.15, 0.2) is 72.8 Å². The van der Waals surface area contributed by atoms with Crippen LogP contribution in [0.4, 0.5) is 0 Å². The standard InChI is InChI=1S/C50H58N2O10/c1-51-25-30-24-34-35-13-15-38(55)50(59)49(35,58)45(60-42(34)40(41(30)56)48(31-9-11-32(54)12-10-31)20-18-47(19-21-48)16-4-5-17-47)44(62-50)46(57)61-43-37(26-53)52-36-14-8-29-22-27-6-2-3-7-28(27)23-33(29)39(36)43/h2-3,6-12,14,22-23,30,34-35,38,40-42,44-45,51-56,58-59H,4-5,13,15-21,24-26H2,1H3/t30-,34-,35-,38+,40-,41+,42-,44+,45-,49+,50-/m0/s1. The van der Waals surface area contributed by atoms with Crippen LogP contribution in [-0.2, 0) is 26.3 Å². The van der Waals surface area contributed by atoms with Crippen molar-refractivity contribution < 1.29 is 49.6 Å². The number of carbonyl (C=O) groups is 1. The lowest BCUT2D eigenvalue weighted by Crippen LogP contribution is -2.76. The average molecular weight is 847 g/mol. The first-order chi connectivity index (χ1) is 29.9. The van der Waals surface area contributed by atoms with Crippen LogP contribution in [0, 0.1) is 29.1 Å². The van der Waals surface area contributed by atoms with E-state index in [1.54, 1.807) is 12.1 Å². The molecule has 1 aromatic heterocycles. The number of aliphatic hydroxyl groups excluding tert-OH is 3. The number of esters is 1. The molecule has 4 aliphatic carbocycles. The van der Waals surface area contributed by atoms with Crippen molar-refractivity contribution in [3.63, 3.8) is 0 Å². The van der Waals surface area contributed by atoms with E-state index in [1.165, 1.54) is 25.7 Å². The number of hydrogen-bond donors (Lipinski definition) is 8. The van der Waals surface area contributed by atoms with Gasteiger partial charge in [-0.25, -0.2) is 4.79 Å². The van der Waals surface area contributed by atoms with Gasteiger partial charge in [0, 0.05) is 23.8 Å². The number of benzene rings is 4. The van der Waals surface area contributed by atoms with Gasteiger partial charge in [-0.2, -0.15) is 0 Å². The van der Waals surface area contributed by atoms with Gasteiger partial charge in [-0.05, 0) is 140 Å².